The Morgan fingerprint density at radius 1 is 1.50 bits per heavy atom. The molecule has 1 spiro atoms. The highest BCUT2D eigenvalue weighted by Crippen LogP contribution is 2.68. The molecule has 0 unspecified atom stereocenters. The summed E-state index contributed by atoms with van der Waals surface area (Å²) in [5.74, 6) is -3.65. The van der Waals surface area contributed by atoms with Gasteiger partial charge in [0.05, 0.1) is 23.9 Å². The number of hydrogen-bond acceptors (Lipinski definition) is 3. The maximum absolute atomic E-state index is 13.5. The molecule has 0 bridgehead atoms. The van der Waals surface area contributed by atoms with Gasteiger partial charge in [-0.1, -0.05) is 22.0 Å². The highest BCUT2D eigenvalue weighted by molar-refractivity contribution is 9.10. The lowest BCUT2D eigenvalue weighted by molar-refractivity contribution is -0.146. The van der Waals surface area contributed by atoms with E-state index >= 15 is 0 Å². The van der Waals surface area contributed by atoms with Crippen LogP contribution < -0.4 is 4.90 Å². The van der Waals surface area contributed by atoms with Crippen molar-refractivity contribution in [3.05, 3.63) is 28.2 Å². The number of halogens is 3. The lowest BCUT2D eigenvalue weighted by atomic mass is 9.93. The van der Waals surface area contributed by atoms with Crippen LogP contribution in [0.25, 0.3) is 0 Å². The van der Waals surface area contributed by atoms with Crippen LogP contribution in [0.5, 0.6) is 0 Å². The third-order valence-corrected chi connectivity index (χ3v) is 5.00. The monoisotopic (exact) mass is 373 g/mol. The molecule has 1 aliphatic carbocycles. The molecule has 2 aliphatic rings. The van der Waals surface area contributed by atoms with Crippen molar-refractivity contribution in [3.8, 4) is 0 Å². The summed E-state index contributed by atoms with van der Waals surface area (Å²) in [4.78, 5) is 26.1. The van der Waals surface area contributed by atoms with E-state index in [1.807, 2.05) is 0 Å². The summed E-state index contributed by atoms with van der Waals surface area (Å²) in [7, 11) is 1.53. The number of likely N-dealkylation sites (N-methyl/N-ethyl adjacent to an activating group) is 1. The average Bonchev–Trinajstić information content (AvgIpc) is 3.12. The number of carbonyl (C=O) groups is 2. The predicted molar refractivity (Wildman–Crippen MR) is 78.8 cm³/mol. The zero-order valence-electron chi connectivity index (χ0n) is 12.0. The Labute approximate surface area is 134 Å². The number of benzene rings is 1. The van der Waals surface area contributed by atoms with E-state index in [4.69, 9.17) is 4.74 Å². The highest BCUT2D eigenvalue weighted by atomic mass is 79.9. The number of amides is 1. The highest BCUT2D eigenvalue weighted by Gasteiger charge is 2.80. The minimum Gasteiger partial charge on any atom is -0.466 e. The van der Waals surface area contributed by atoms with E-state index in [0.717, 1.165) is 4.47 Å². The summed E-state index contributed by atoms with van der Waals surface area (Å²) in [6.07, 6.45) is -2.76. The van der Waals surface area contributed by atoms with Crippen LogP contribution >= 0.6 is 15.9 Å². The van der Waals surface area contributed by atoms with Crippen molar-refractivity contribution in [3.63, 3.8) is 0 Å². The van der Waals surface area contributed by atoms with E-state index in [9.17, 15) is 18.4 Å². The van der Waals surface area contributed by atoms with Gasteiger partial charge in [0.1, 0.15) is 0 Å². The normalized spacial score (nSPS) is 29.2. The zero-order valence-corrected chi connectivity index (χ0v) is 13.6. The Morgan fingerprint density at radius 2 is 2.18 bits per heavy atom. The van der Waals surface area contributed by atoms with E-state index in [1.54, 1.807) is 25.1 Å². The Morgan fingerprint density at radius 3 is 2.77 bits per heavy atom. The van der Waals surface area contributed by atoms with Crippen molar-refractivity contribution in [1.29, 1.82) is 0 Å². The molecule has 1 aromatic rings. The van der Waals surface area contributed by atoms with Gasteiger partial charge in [0.15, 0.2) is 0 Å². The molecule has 1 aliphatic heterocycles. The second-order valence-corrected chi connectivity index (χ2v) is 6.40. The van der Waals surface area contributed by atoms with Crippen molar-refractivity contribution >= 4 is 33.5 Å². The summed E-state index contributed by atoms with van der Waals surface area (Å²) < 4.78 is 32.6. The van der Waals surface area contributed by atoms with Gasteiger partial charge in [-0.05, 0) is 24.6 Å². The molecular weight excluding hydrogens is 360 g/mol. The summed E-state index contributed by atoms with van der Waals surface area (Å²) in [6.45, 7) is 1.70. The van der Waals surface area contributed by atoms with Crippen LogP contribution in [-0.4, -0.2) is 32.0 Å². The molecule has 1 amide bonds. The minimum atomic E-state index is -2.76. The van der Waals surface area contributed by atoms with Crippen molar-refractivity contribution in [2.45, 2.75) is 18.8 Å². The molecule has 0 N–H and O–H groups in total. The third-order valence-electron chi connectivity index (χ3n) is 4.50. The summed E-state index contributed by atoms with van der Waals surface area (Å²) in [6, 6.07) is 5.02. The fourth-order valence-corrected chi connectivity index (χ4v) is 3.93. The molecule has 0 saturated heterocycles. The molecule has 1 aromatic carbocycles. The topological polar surface area (TPSA) is 46.6 Å². The van der Waals surface area contributed by atoms with Gasteiger partial charge >= 0.3 is 5.97 Å². The first-order chi connectivity index (χ1) is 10.4. The average molecular weight is 374 g/mol. The smallest absolute Gasteiger partial charge is 0.310 e. The van der Waals surface area contributed by atoms with Crippen molar-refractivity contribution < 1.29 is 23.1 Å². The van der Waals surface area contributed by atoms with Crippen LogP contribution in [0.15, 0.2) is 22.7 Å². The van der Waals surface area contributed by atoms with Crippen molar-refractivity contribution in [2.24, 2.45) is 11.8 Å². The SMILES string of the molecule is CCOC(=O)[C@@H]1[C@@H](C(F)F)[C@@]12C(=O)N(C)c1cc(Br)ccc12. The van der Waals surface area contributed by atoms with Crippen molar-refractivity contribution in [1.82, 2.24) is 0 Å². The molecule has 22 heavy (non-hydrogen) atoms. The third kappa shape index (κ3) is 1.77. The molecule has 118 valence electrons. The molecule has 0 radical (unpaired) electrons. The van der Waals surface area contributed by atoms with Gasteiger partial charge < -0.3 is 9.64 Å². The van der Waals surface area contributed by atoms with E-state index in [-0.39, 0.29) is 6.61 Å². The molecule has 0 aromatic heterocycles. The van der Waals surface area contributed by atoms with Crippen LogP contribution in [0.4, 0.5) is 14.5 Å². The van der Waals surface area contributed by atoms with E-state index in [0.29, 0.717) is 11.3 Å². The predicted octanol–water partition coefficient (Wildman–Crippen LogP) is 2.74. The van der Waals surface area contributed by atoms with Gasteiger partial charge in [0.25, 0.3) is 0 Å². The lowest BCUT2D eigenvalue weighted by Crippen LogP contribution is -2.32. The summed E-state index contributed by atoms with van der Waals surface area (Å²) >= 11 is 3.31. The number of ether oxygens (including phenoxy) is 1. The molecular formula is C15H14BrF2NO3. The number of alkyl halides is 2. The Hall–Kier alpha value is -1.50. The van der Waals surface area contributed by atoms with Crippen molar-refractivity contribution in [2.75, 3.05) is 18.6 Å². The number of carbonyl (C=O) groups excluding carboxylic acids is 2. The maximum atomic E-state index is 13.5. The summed E-state index contributed by atoms with van der Waals surface area (Å²) in [5.41, 5.74) is -0.450. The fraction of sp³-hybridized carbons (Fsp3) is 0.467. The number of anilines is 1. The van der Waals surface area contributed by atoms with Crippen LogP contribution in [-0.2, 0) is 19.7 Å². The van der Waals surface area contributed by atoms with E-state index in [2.05, 4.69) is 15.9 Å². The second-order valence-electron chi connectivity index (χ2n) is 5.48. The van der Waals surface area contributed by atoms with E-state index < -0.39 is 35.6 Å². The maximum Gasteiger partial charge on any atom is 0.310 e. The number of nitrogens with zero attached hydrogens (tertiary/aromatic N) is 1. The van der Waals surface area contributed by atoms with Gasteiger partial charge in [0, 0.05) is 17.2 Å². The quantitative estimate of drug-likeness (QED) is 0.765. The Balaban J connectivity index is 2.13. The number of fused-ring (bicyclic) bond motifs is 2. The van der Waals surface area contributed by atoms with Gasteiger partial charge in [-0.25, -0.2) is 8.78 Å². The van der Waals surface area contributed by atoms with Crippen LogP contribution in [0.3, 0.4) is 0 Å². The Kier molecular flexibility index (Phi) is 3.51. The standard InChI is InChI=1S/C15H14BrF2NO3/c1-3-22-13(20)11-10(12(17)18)15(11)8-5-4-7(16)6-9(8)19(2)14(15)21/h4-6,10-12H,3H2,1-2H3/t10-,11-,15+/m0/s1. The van der Waals surface area contributed by atoms with Crippen LogP contribution in [0.1, 0.15) is 12.5 Å². The fourth-order valence-electron chi connectivity index (χ4n) is 3.58. The molecule has 1 fully saturated rings. The molecule has 3 atom stereocenters. The van der Waals surface area contributed by atoms with Gasteiger partial charge in [0.2, 0.25) is 12.3 Å². The van der Waals surface area contributed by atoms with Crippen LogP contribution in [0, 0.1) is 11.8 Å². The Bertz CT molecular complexity index is 666. The number of rotatable bonds is 3. The number of esters is 1. The van der Waals surface area contributed by atoms with Crippen LogP contribution in [0.2, 0.25) is 0 Å². The lowest BCUT2D eigenvalue weighted by Gasteiger charge is -2.11. The van der Waals surface area contributed by atoms with Gasteiger partial charge in [-0.3, -0.25) is 9.59 Å². The number of hydrogen-bond donors (Lipinski definition) is 0. The second kappa shape index (κ2) is 5.01. The zero-order chi connectivity index (χ0) is 16.2. The molecule has 7 heteroatoms. The first kappa shape index (κ1) is 15.4. The summed E-state index contributed by atoms with van der Waals surface area (Å²) in [5, 5.41) is 0. The largest absolute Gasteiger partial charge is 0.466 e. The molecule has 1 saturated carbocycles. The van der Waals surface area contributed by atoms with Gasteiger partial charge in [-0.2, -0.15) is 0 Å². The minimum absolute atomic E-state index is 0.0958. The van der Waals surface area contributed by atoms with Gasteiger partial charge in [-0.15, -0.1) is 0 Å². The molecule has 4 nitrogen and oxygen atoms in total. The molecule has 3 rings (SSSR count). The van der Waals surface area contributed by atoms with E-state index in [1.165, 1.54) is 11.9 Å². The first-order valence-corrected chi connectivity index (χ1v) is 7.69. The molecule has 1 heterocycles. The first-order valence-electron chi connectivity index (χ1n) is 6.90.